The number of hydrogen-bond donors (Lipinski definition) is 0. The monoisotopic (exact) mass is 397 g/mol. The Morgan fingerprint density at radius 2 is 0.897 bits per heavy atom. The van der Waals surface area contributed by atoms with Crippen molar-refractivity contribution in [3.05, 3.63) is 127 Å². The summed E-state index contributed by atoms with van der Waals surface area (Å²) < 4.78 is 5.97. The Kier molecular flexibility index (Phi) is 5.84. The van der Waals surface area contributed by atoms with Crippen LogP contribution < -0.4 is 15.9 Å². The number of carbonyl (C=O) groups excluding carboxylic acids is 1. The third-order valence-corrected chi connectivity index (χ3v) is 8.80. The van der Waals surface area contributed by atoms with Gasteiger partial charge in [-0.25, -0.2) is 4.79 Å². The second-order valence-electron chi connectivity index (χ2n) is 6.72. The van der Waals surface area contributed by atoms with Gasteiger partial charge in [0.1, 0.15) is 22.5 Å². The molecule has 4 rings (SSSR count). The summed E-state index contributed by atoms with van der Waals surface area (Å²) in [6.07, 6.45) is 0. The number of rotatable bonds is 6. The summed E-state index contributed by atoms with van der Waals surface area (Å²) in [5, 5.41) is 2.99. The molecule has 0 aliphatic carbocycles. The van der Waals surface area contributed by atoms with Crippen LogP contribution in [-0.2, 0) is 11.3 Å². The van der Waals surface area contributed by atoms with Gasteiger partial charge in [0, 0.05) is 0 Å². The van der Waals surface area contributed by atoms with Crippen LogP contribution in [0.4, 0.5) is 4.79 Å². The maximum Gasteiger partial charge on any atom is 0.466 e. The molecule has 0 radical (unpaired) electrons. The van der Waals surface area contributed by atoms with Crippen molar-refractivity contribution in [1.29, 1.82) is 0 Å². The third kappa shape index (κ3) is 3.85. The smallest absolute Gasteiger partial charge is 0.430 e. The molecular weight excluding hydrogens is 375 g/mol. The summed E-state index contributed by atoms with van der Waals surface area (Å²) in [4.78, 5) is 13.9. The van der Waals surface area contributed by atoms with E-state index >= 15 is 0 Å². The van der Waals surface area contributed by atoms with Gasteiger partial charge < -0.3 is 4.74 Å². The molecule has 0 atom stereocenters. The van der Waals surface area contributed by atoms with Gasteiger partial charge in [-0.15, -0.1) is 0 Å². The summed E-state index contributed by atoms with van der Waals surface area (Å²) >= 11 is 0. The molecule has 0 heterocycles. The number of carbonyl (C=O) groups is 1. The van der Waals surface area contributed by atoms with E-state index in [1.165, 1.54) is 0 Å². The molecule has 0 fully saturated rings. The predicted octanol–water partition coefficient (Wildman–Crippen LogP) is 5.32. The van der Waals surface area contributed by atoms with Crippen molar-refractivity contribution in [3.8, 4) is 0 Å². The van der Waals surface area contributed by atoms with Gasteiger partial charge in [0.15, 0.2) is 0 Å². The zero-order chi connectivity index (χ0) is 19.9. The standard InChI is InChI=1S/C26H22O2P/c27-26(28-21-22-13-5-1-6-14-22)29(23-15-7-2-8-16-23,24-17-9-3-10-18-24)25-19-11-4-12-20-25/h1-20H,21H2/q+1. The summed E-state index contributed by atoms with van der Waals surface area (Å²) in [6.45, 7) is 0.258. The van der Waals surface area contributed by atoms with E-state index in [4.69, 9.17) is 4.74 Å². The van der Waals surface area contributed by atoms with E-state index < -0.39 is 7.26 Å². The highest BCUT2D eigenvalue weighted by Gasteiger charge is 2.55. The van der Waals surface area contributed by atoms with Gasteiger partial charge in [-0.2, -0.15) is 0 Å². The highest BCUT2D eigenvalue weighted by molar-refractivity contribution is 8.07. The van der Waals surface area contributed by atoms with Gasteiger partial charge >= 0.3 is 5.71 Å². The summed E-state index contributed by atoms with van der Waals surface area (Å²) in [5.74, 6) is 0. The minimum absolute atomic E-state index is 0.176. The zero-order valence-electron chi connectivity index (χ0n) is 16.0. The van der Waals surface area contributed by atoms with E-state index in [-0.39, 0.29) is 12.3 Å². The minimum atomic E-state index is -2.64. The fraction of sp³-hybridized carbons (Fsp3) is 0.0385. The van der Waals surface area contributed by atoms with Gasteiger partial charge in [-0.1, -0.05) is 84.9 Å². The van der Waals surface area contributed by atoms with Crippen LogP contribution in [-0.4, -0.2) is 5.71 Å². The molecule has 0 saturated carbocycles. The number of ether oxygens (including phenoxy) is 1. The Labute approximate surface area is 172 Å². The zero-order valence-corrected chi connectivity index (χ0v) is 16.9. The van der Waals surface area contributed by atoms with Crippen molar-refractivity contribution >= 4 is 28.9 Å². The SMILES string of the molecule is O=C(OCc1ccccc1)[P+](c1ccccc1)(c1ccccc1)c1ccccc1. The lowest BCUT2D eigenvalue weighted by molar-refractivity contribution is 0.167. The molecule has 0 saturated heterocycles. The van der Waals surface area contributed by atoms with Crippen molar-refractivity contribution in [1.82, 2.24) is 0 Å². The molecule has 0 bridgehead atoms. The van der Waals surface area contributed by atoms with E-state index in [1.54, 1.807) is 0 Å². The van der Waals surface area contributed by atoms with Crippen molar-refractivity contribution in [2.45, 2.75) is 6.61 Å². The topological polar surface area (TPSA) is 26.3 Å². The first-order valence-electron chi connectivity index (χ1n) is 9.59. The molecule has 3 heteroatoms. The lowest BCUT2D eigenvalue weighted by Gasteiger charge is -2.24. The largest absolute Gasteiger partial charge is 0.466 e. The highest BCUT2D eigenvalue weighted by Crippen LogP contribution is 2.57. The van der Waals surface area contributed by atoms with Crippen LogP contribution in [0, 0.1) is 0 Å². The van der Waals surface area contributed by atoms with Gasteiger partial charge in [0.2, 0.25) is 7.26 Å². The summed E-state index contributed by atoms with van der Waals surface area (Å²) in [7, 11) is -2.64. The lowest BCUT2D eigenvalue weighted by atomic mass is 10.2. The van der Waals surface area contributed by atoms with Crippen LogP contribution in [0.5, 0.6) is 0 Å². The maximum absolute atomic E-state index is 13.9. The van der Waals surface area contributed by atoms with E-state index in [0.717, 1.165) is 21.5 Å². The van der Waals surface area contributed by atoms with Gasteiger partial charge in [-0.05, 0) is 42.0 Å². The Hall–Kier alpha value is -3.22. The average Bonchev–Trinajstić information content (AvgIpc) is 2.81. The molecule has 0 aromatic heterocycles. The average molecular weight is 397 g/mol. The number of hydrogen-bond acceptors (Lipinski definition) is 2. The molecule has 0 N–H and O–H groups in total. The molecule has 0 aliphatic rings. The summed E-state index contributed by atoms with van der Waals surface area (Å²) in [6, 6.07) is 39.9. The van der Waals surface area contributed by atoms with Crippen molar-refractivity contribution in [3.63, 3.8) is 0 Å². The Bertz CT molecular complexity index is 952. The Balaban J connectivity index is 1.87. The van der Waals surface area contributed by atoms with Crippen LogP contribution in [0.1, 0.15) is 5.56 Å². The first-order chi connectivity index (χ1) is 14.3. The molecule has 0 aliphatic heterocycles. The van der Waals surface area contributed by atoms with Crippen molar-refractivity contribution < 1.29 is 9.53 Å². The fourth-order valence-electron chi connectivity index (χ4n) is 3.53. The molecule has 4 aromatic carbocycles. The van der Waals surface area contributed by atoms with Crippen molar-refractivity contribution in [2.75, 3.05) is 0 Å². The predicted molar refractivity (Wildman–Crippen MR) is 122 cm³/mol. The molecule has 2 nitrogen and oxygen atoms in total. The fourth-order valence-corrected chi connectivity index (χ4v) is 7.18. The third-order valence-electron chi connectivity index (χ3n) is 4.91. The Morgan fingerprint density at radius 3 is 1.28 bits per heavy atom. The van der Waals surface area contributed by atoms with Crippen LogP contribution >= 0.6 is 7.26 Å². The van der Waals surface area contributed by atoms with Crippen LogP contribution in [0.3, 0.4) is 0 Å². The Morgan fingerprint density at radius 1 is 0.552 bits per heavy atom. The number of benzene rings is 4. The molecule has 0 spiro atoms. The lowest BCUT2D eigenvalue weighted by Crippen LogP contribution is -2.36. The maximum atomic E-state index is 13.9. The second kappa shape index (κ2) is 8.86. The van der Waals surface area contributed by atoms with Gasteiger partial charge in [0.25, 0.3) is 0 Å². The first kappa shape index (κ1) is 19.1. The molecular formula is C26H22O2P+. The molecule has 4 aromatic rings. The second-order valence-corrected chi connectivity index (χ2v) is 9.97. The van der Waals surface area contributed by atoms with Gasteiger partial charge in [0.05, 0.1) is 0 Å². The molecule has 0 unspecified atom stereocenters. The van der Waals surface area contributed by atoms with Crippen LogP contribution in [0.15, 0.2) is 121 Å². The van der Waals surface area contributed by atoms with E-state index in [1.807, 2.05) is 121 Å². The van der Waals surface area contributed by atoms with Crippen LogP contribution in [0.25, 0.3) is 0 Å². The van der Waals surface area contributed by atoms with Gasteiger partial charge in [-0.3, -0.25) is 0 Å². The summed E-state index contributed by atoms with van der Waals surface area (Å²) in [5.41, 5.74) is 0.804. The quantitative estimate of drug-likeness (QED) is 0.412. The first-order valence-corrected chi connectivity index (χ1v) is 11.4. The highest BCUT2D eigenvalue weighted by atomic mass is 31.2. The molecule has 29 heavy (non-hydrogen) atoms. The van der Waals surface area contributed by atoms with Crippen molar-refractivity contribution in [2.24, 2.45) is 0 Å². The van der Waals surface area contributed by atoms with E-state index in [9.17, 15) is 4.79 Å². The van der Waals surface area contributed by atoms with E-state index in [2.05, 4.69) is 0 Å². The minimum Gasteiger partial charge on any atom is -0.430 e. The normalized spacial score (nSPS) is 11.0. The van der Waals surface area contributed by atoms with E-state index in [0.29, 0.717) is 0 Å². The molecule has 0 amide bonds. The van der Waals surface area contributed by atoms with Crippen LogP contribution in [0.2, 0.25) is 0 Å². The molecule has 142 valence electrons.